The van der Waals surface area contributed by atoms with E-state index in [1.165, 1.54) is 36.4 Å². The number of anilines is 1. The Balaban J connectivity index is 1.79. The van der Waals surface area contributed by atoms with Crippen molar-refractivity contribution >= 4 is 44.9 Å². The number of aryl methyl sites for hydroxylation is 1. The van der Waals surface area contributed by atoms with Gasteiger partial charge in [-0.2, -0.15) is 0 Å². The molecule has 1 amide bonds. The quantitative estimate of drug-likeness (QED) is 0.408. The standard InChI is InChI=1S/C28H28ClFN2O5S/c1-17-7-5-8-20(13-17)38(35,36)32-16-25(31-27(33)28(3,4)34)37-24-12-11-19(15-23(24)32)14-18(2)26-21(29)9-6-10-22(26)30/h5-15,25,34H,16H2,1-4H3,(H,31,33)/b18-14+/t25-/m1/s1. The number of halogens is 2. The highest BCUT2D eigenvalue weighted by molar-refractivity contribution is 7.92. The van der Waals surface area contributed by atoms with Crippen molar-refractivity contribution in [1.29, 1.82) is 0 Å². The topological polar surface area (TPSA) is 95.9 Å². The Morgan fingerprint density at radius 2 is 1.89 bits per heavy atom. The minimum Gasteiger partial charge on any atom is -0.466 e. The Hall–Kier alpha value is -3.40. The molecule has 10 heteroatoms. The lowest BCUT2D eigenvalue weighted by Gasteiger charge is -2.36. The van der Waals surface area contributed by atoms with Crippen LogP contribution in [0.15, 0.2) is 65.6 Å². The summed E-state index contributed by atoms with van der Waals surface area (Å²) in [7, 11) is -4.08. The molecule has 1 aliphatic heterocycles. The number of fused-ring (bicyclic) bond motifs is 1. The molecule has 1 aliphatic rings. The van der Waals surface area contributed by atoms with Gasteiger partial charge in [-0.05, 0) is 80.8 Å². The normalized spacial score (nSPS) is 16.0. The molecule has 200 valence electrons. The highest BCUT2D eigenvalue weighted by Gasteiger charge is 2.37. The Bertz CT molecular complexity index is 1510. The number of nitrogens with zero attached hydrogens (tertiary/aromatic N) is 1. The summed E-state index contributed by atoms with van der Waals surface area (Å²) in [6.45, 7) is 5.91. The molecule has 0 saturated heterocycles. The predicted molar refractivity (Wildman–Crippen MR) is 146 cm³/mol. The zero-order chi connectivity index (χ0) is 27.8. The number of amides is 1. The molecule has 0 radical (unpaired) electrons. The Labute approximate surface area is 226 Å². The lowest BCUT2D eigenvalue weighted by molar-refractivity contribution is -0.139. The van der Waals surface area contributed by atoms with Gasteiger partial charge in [-0.3, -0.25) is 9.10 Å². The van der Waals surface area contributed by atoms with Gasteiger partial charge in [-0.1, -0.05) is 41.9 Å². The maximum atomic E-state index is 14.5. The molecule has 38 heavy (non-hydrogen) atoms. The number of ether oxygens (including phenoxy) is 1. The lowest BCUT2D eigenvalue weighted by atomic mass is 10.0. The average Bonchev–Trinajstić information content (AvgIpc) is 2.83. The van der Waals surface area contributed by atoms with E-state index >= 15 is 0 Å². The van der Waals surface area contributed by atoms with Crippen LogP contribution in [0.25, 0.3) is 11.6 Å². The average molecular weight is 559 g/mol. The first-order chi connectivity index (χ1) is 17.8. The SMILES string of the molecule is C/C(=C\c1ccc2c(c1)N(S(=O)(=O)c1cccc(C)c1)C[C@H](NC(=O)C(C)(C)O)O2)c1c(F)cccc1Cl. The predicted octanol–water partition coefficient (Wildman–Crippen LogP) is 5.15. The molecule has 1 heterocycles. The number of carbonyl (C=O) groups is 1. The smallest absolute Gasteiger partial charge is 0.264 e. The molecule has 0 spiro atoms. The van der Waals surface area contributed by atoms with E-state index < -0.39 is 33.6 Å². The van der Waals surface area contributed by atoms with Gasteiger partial charge in [-0.25, -0.2) is 12.8 Å². The minimum atomic E-state index is -4.08. The van der Waals surface area contributed by atoms with Crippen molar-refractivity contribution in [2.75, 3.05) is 10.8 Å². The highest BCUT2D eigenvalue weighted by atomic mass is 35.5. The van der Waals surface area contributed by atoms with E-state index in [-0.39, 0.29) is 33.5 Å². The number of carbonyl (C=O) groups excluding carboxylic acids is 1. The van der Waals surface area contributed by atoms with E-state index in [1.54, 1.807) is 62.4 Å². The number of benzene rings is 3. The molecule has 0 bridgehead atoms. The molecule has 0 saturated carbocycles. The molecule has 0 aliphatic carbocycles. The van der Waals surface area contributed by atoms with Crippen molar-refractivity contribution in [3.8, 4) is 5.75 Å². The van der Waals surface area contributed by atoms with Crippen LogP contribution in [0.5, 0.6) is 5.75 Å². The van der Waals surface area contributed by atoms with Gasteiger partial charge in [-0.15, -0.1) is 0 Å². The summed E-state index contributed by atoms with van der Waals surface area (Å²) >= 11 is 6.22. The summed E-state index contributed by atoms with van der Waals surface area (Å²) < 4.78 is 49.1. The van der Waals surface area contributed by atoms with Crippen LogP contribution in [-0.2, 0) is 14.8 Å². The Morgan fingerprint density at radius 3 is 2.55 bits per heavy atom. The fourth-order valence-electron chi connectivity index (χ4n) is 4.08. The Kier molecular flexibility index (Phi) is 7.56. The maximum absolute atomic E-state index is 14.5. The van der Waals surface area contributed by atoms with Crippen LogP contribution in [0.3, 0.4) is 0 Å². The molecule has 3 aromatic carbocycles. The van der Waals surface area contributed by atoms with Gasteiger partial charge in [0.2, 0.25) is 0 Å². The number of hydrogen-bond acceptors (Lipinski definition) is 5. The van der Waals surface area contributed by atoms with Crippen molar-refractivity contribution in [2.45, 2.75) is 44.4 Å². The van der Waals surface area contributed by atoms with Crippen molar-refractivity contribution in [2.24, 2.45) is 0 Å². The van der Waals surface area contributed by atoms with E-state index in [0.29, 0.717) is 11.1 Å². The number of allylic oxidation sites excluding steroid dienone is 1. The zero-order valence-electron chi connectivity index (χ0n) is 21.3. The summed E-state index contributed by atoms with van der Waals surface area (Å²) in [5, 5.41) is 12.9. The summed E-state index contributed by atoms with van der Waals surface area (Å²) in [5.41, 5.74) is 0.717. The van der Waals surface area contributed by atoms with E-state index in [2.05, 4.69) is 5.32 Å². The molecule has 2 N–H and O–H groups in total. The van der Waals surface area contributed by atoms with Crippen LogP contribution in [0.2, 0.25) is 5.02 Å². The number of aliphatic hydroxyl groups is 1. The molecule has 0 aromatic heterocycles. The van der Waals surface area contributed by atoms with E-state index in [9.17, 15) is 22.7 Å². The van der Waals surface area contributed by atoms with Crippen molar-refractivity contribution in [1.82, 2.24) is 5.32 Å². The maximum Gasteiger partial charge on any atom is 0.264 e. The van der Waals surface area contributed by atoms with E-state index in [4.69, 9.17) is 16.3 Å². The van der Waals surface area contributed by atoms with Gasteiger partial charge in [0.15, 0.2) is 6.23 Å². The zero-order valence-corrected chi connectivity index (χ0v) is 22.9. The molecular formula is C28H28ClFN2O5S. The van der Waals surface area contributed by atoms with Crippen LogP contribution in [0.1, 0.15) is 37.5 Å². The van der Waals surface area contributed by atoms with Crippen LogP contribution in [0.4, 0.5) is 10.1 Å². The second-order valence-electron chi connectivity index (χ2n) is 9.64. The monoisotopic (exact) mass is 558 g/mol. The summed E-state index contributed by atoms with van der Waals surface area (Å²) in [4.78, 5) is 12.5. The number of rotatable bonds is 6. The van der Waals surface area contributed by atoms with Gasteiger partial charge in [0, 0.05) is 5.56 Å². The number of hydrogen-bond donors (Lipinski definition) is 2. The Morgan fingerprint density at radius 1 is 1.18 bits per heavy atom. The van der Waals surface area contributed by atoms with Crippen LogP contribution in [0, 0.1) is 12.7 Å². The molecular weight excluding hydrogens is 531 g/mol. The fraction of sp³-hybridized carbons (Fsp3) is 0.250. The third kappa shape index (κ3) is 5.70. The van der Waals surface area contributed by atoms with Gasteiger partial charge in [0.1, 0.15) is 17.2 Å². The fourth-order valence-corrected chi connectivity index (χ4v) is 5.97. The molecule has 4 rings (SSSR count). The first kappa shape index (κ1) is 27.6. The van der Waals surface area contributed by atoms with Crippen molar-refractivity contribution in [3.63, 3.8) is 0 Å². The van der Waals surface area contributed by atoms with Crippen molar-refractivity contribution < 1.29 is 27.4 Å². The molecule has 7 nitrogen and oxygen atoms in total. The van der Waals surface area contributed by atoms with E-state index in [0.717, 1.165) is 5.56 Å². The second kappa shape index (κ2) is 10.4. The number of nitrogens with one attached hydrogen (secondary N) is 1. The second-order valence-corrected chi connectivity index (χ2v) is 11.9. The van der Waals surface area contributed by atoms with Gasteiger partial charge >= 0.3 is 0 Å². The van der Waals surface area contributed by atoms with Crippen molar-refractivity contribution in [3.05, 3.63) is 88.2 Å². The van der Waals surface area contributed by atoms with Gasteiger partial charge in [0.25, 0.3) is 15.9 Å². The third-order valence-electron chi connectivity index (χ3n) is 6.02. The molecule has 3 aromatic rings. The minimum absolute atomic E-state index is 0.0770. The molecule has 0 fully saturated rings. The van der Waals surface area contributed by atoms with Crippen LogP contribution >= 0.6 is 11.6 Å². The first-order valence-corrected chi connectivity index (χ1v) is 13.7. The third-order valence-corrected chi connectivity index (χ3v) is 8.11. The first-order valence-electron chi connectivity index (χ1n) is 11.8. The molecule has 0 unspecified atom stereocenters. The largest absolute Gasteiger partial charge is 0.466 e. The van der Waals surface area contributed by atoms with Gasteiger partial charge in [0.05, 0.1) is 22.2 Å². The molecule has 1 atom stereocenters. The van der Waals surface area contributed by atoms with Gasteiger partial charge < -0.3 is 15.2 Å². The summed E-state index contributed by atoms with van der Waals surface area (Å²) in [6, 6.07) is 15.8. The number of sulfonamides is 1. The van der Waals surface area contributed by atoms with Crippen LogP contribution < -0.4 is 14.4 Å². The lowest BCUT2D eigenvalue weighted by Crippen LogP contribution is -2.55. The summed E-state index contributed by atoms with van der Waals surface area (Å²) in [5.74, 6) is -0.968. The highest BCUT2D eigenvalue weighted by Crippen LogP contribution is 2.39. The van der Waals surface area contributed by atoms with E-state index in [1.807, 2.05) is 0 Å². The summed E-state index contributed by atoms with van der Waals surface area (Å²) in [6.07, 6.45) is 0.644. The van der Waals surface area contributed by atoms with Crippen LogP contribution in [-0.4, -0.2) is 37.8 Å².